The molecule has 0 radical (unpaired) electrons. The third kappa shape index (κ3) is 1.50. The van der Waals surface area contributed by atoms with Crippen LogP contribution in [0.1, 0.15) is 32.6 Å². The Labute approximate surface area is 74.7 Å². The number of hydrogen-bond acceptors (Lipinski definition) is 2. The Morgan fingerprint density at radius 1 is 1.42 bits per heavy atom. The van der Waals surface area contributed by atoms with Crippen LogP contribution in [0, 0.1) is 5.41 Å². The molecule has 0 aromatic carbocycles. The van der Waals surface area contributed by atoms with E-state index >= 15 is 0 Å². The van der Waals surface area contributed by atoms with Gasteiger partial charge in [-0.05, 0) is 32.2 Å². The van der Waals surface area contributed by atoms with E-state index in [2.05, 4.69) is 12.2 Å². The molecule has 2 rings (SSSR count). The van der Waals surface area contributed by atoms with Gasteiger partial charge in [-0.15, -0.1) is 0 Å². The highest BCUT2D eigenvalue weighted by Crippen LogP contribution is 2.35. The van der Waals surface area contributed by atoms with Crippen molar-refractivity contribution in [3.63, 3.8) is 0 Å². The third-order valence-corrected chi connectivity index (χ3v) is 3.36. The predicted octanol–water partition coefficient (Wildman–Crippen LogP) is 1.56. The largest absolute Gasteiger partial charge is 0.378 e. The average Bonchev–Trinajstić information content (AvgIpc) is 2.55. The molecule has 0 aromatic heterocycles. The molecule has 70 valence electrons. The van der Waals surface area contributed by atoms with E-state index in [1.165, 1.54) is 32.2 Å². The molecule has 0 bridgehead atoms. The Bertz CT molecular complexity index is 146. The zero-order chi connectivity index (χ0) is 8.44. The molecule has 0 amide bonds. The summed E-state index contributed by atoms with van der Waals surface area (Å²) in [6, 6.07) is 0. The standard InChI is InChI=1S/C10H19NO/c1-10(5-6-11-8-10)9-4-2-3-7-12-9/h9,11H,2-8H2,1H3. The normalized spacial score (nSPS) is 43.2. The van der Waals surface area contributed by atoms with Crippen LogP contribution >= 0.6 is 0 Å². The average molecular weight is 169 g/mol. The van der Waals surface area contributed by atoms with E-state index in [0.29, 0.717) is 11.5 Å². The maximum absolute atomic E-state index is 5.82. The van der Waals surface area contributed by atoms with E-state index in [0.717, 1.165) is 13.2 Å². The fourth-order valence-electron chi connectivity index (χ4n) is 2.40. The van der Waals surface area contributed by atoms with Gasteiger partial charge in [0.15, 0.2) is 0 Å². The second-order valence-corrected chi connectivity index (χ2v) is 4.44. The van der Waals surface area contributed by atoms with Crippen molar-refractivity contribution in [1.29, 1.82) is 0 Å². The highest BCUT2D eigenvalue weighted by atomic mass is 16.5. The van der Waals surface area contributed by atoms with E-state index in [4.69, 9.17) is 4.74 Å². The number of hydrogen-bond donors (Lipinski definition) is 1. The molecule has 0 aliphatic carbocycles. The van der Waals surface area contributed by atoms with Gasteiger partial charge in [-0.3, -0.25) is 0 Å². The van der Waals surface area contributed by atoms with Crippen LogP contribution in [0.15, 0.2) is 0 Å². The molecule has 0 aromatic rings. The number of ether oxygens (including phenoxy) is 1. The molecule has 2 heterocycles. The minimum Gasteiger partial charge on any atom is -0.378 e. The van der Waals surface area contributed by atoms with Crippen molar-refractivity contribution in [3.05, 3.63) is 0 Å². The van der Waals surface area contributed by atoms with Crippen LogP contribution < -0.4 is 5.32 Å². The summed E-state index contributed by atoms with van der Waals surface area (Å²) in [5.74, 6) is 0. The fourth-order valence-corrected chi connectivity index (χ4v) is 2.40. The SMILES string of the molecule is CC1(C2CCCCO2)CCNC1. The zero-order valence-corrected chi connectivity index (χ0v) is 7.94. The molecule has 2 unspecified atom stereocenters. The lowest BCUT2D eigenvalue weighted by atomic mass is 9.80. The molecule has 2 heteroatoms. The molecule has 1 N–H and O–H groups in total. The Balaban J connectivity index is 1.96. The molecule has 2 saturated heterocycles. The molecule has 2 aliphatic heterocycles. The van der Waals surface area contributed by atoms with E-state index < -0.39 is 0 Å². The van der Waals surface area contributed by atoms with Gasteiger partial charge in [-0.25, -0.2) is 0 Å². The molecule has 0 saturated carbocycles. The van der Waals surface area contributed by atoms with Crippen molar-refractivity contribution in [2.75, 3.05) is 19.7 Å². The van der Waals surface area contributed by atoms with E-state index in [9.17, 15) is 0 Å². The van der Waals surface area contributed by atoms with E-state index in [1.54, 1.807) is 0 Å². The van der Waals surface area contributed by atoms with Gasteiger partial charge in [0.2, 0.25) is 0 Å². The monoisotopic (exact) mass is 169 g/mol. The predicted molar refractivity (Wildman–Crippen MR) is 49.2 cm³/mol. The zero-order valence-electron chi connectivity index (χ0n) is 7.94. The molecule has 2 fully saturated rings. The first kappa shape index (κ1) is 8.52. The highest BCUT2D eigenvalue weighted by Gasteiger charge is 2.38. The Hall–Kier alpha value is -0.0800. The van der Waals surface area contributed by atoms with Gasteiger partial charge in [0, 0.05) is 18.6 Å². The van der Waals surface area contributed by atoms with E-state index in [-0.39, 0.29) is 0 Å². The summed E-state index contributed by atoms with van der Waals surface area (Å²) in [5.41, 5.74) is 0.431. The summed E-state index contributed by atoms with van der Waals surface area (Å²) >= 11 is 0. The molecular weight excluding hydrogens is 150 g/mol. The molecule has 2 atom stereocenters. The summed E-state index contributed by atoms with van der Waals surface area (Å²) < 4.78 is 5.82. The minimum absolute atomic E-state index is 0.431. The van der Waals surface area contributed by atoms with Crippen LogP contribution in [0.4, 0.5) is 0 Å². The Morgan fingerprint density at radius 2 is 2.33 bits per heavy atom. The van der Waals surface area contributed by atoms with Gasteiger partial charge in [0.05, 0.1) is 6.10 Å². The first-order valence-electron chi connectivity index (χ1n) is 5.14. The van der Waals surface area contributed by atoms with Crippen LogP contribution in [-0.4, -0.2) is 25.8 Å². The Kier molecular flexibility index (Phi) is 2.37. The van der Waals surface area contributed by atoms with Crippen LogP contribution in [0.25, 0.3) is 0 Å². The van der Waals surface area contributed by atoms with Crippen LogP contribution in [0.5, 0.6) is 0 Å². The van der Waals surface area contributed by atoms with Gasteiger partial charge in [0.1, 0.15) is 0 Å². The second-order valence-electron chi connectivity index (χ2n) is 4.44. The molecule has 2 nitrogen and oxygen atoms in total. The summed E-state index contributed by atoms with van der Waals surface area (Å²) in [7, 11) is 0. The molecule has 2 aliphatic rings. The summed E-state index contributed by atoms with van der Waals surface area (Å²) in [6.07, 6.45) is 5.72. The second kappa shape index (κ2) is 3.35. The van der Waals surface area contributed by atoms with Gasteiger partial charge in [0.25, 0.3) is 0 Å². The Morgan fingerprint density at radius 3 is 2.92 bits per heavy atom. The first-order chi connectivity index (χ1) is 5.81. The lowest BCUT2D eigenvalue weighted by molar-refractivity contribution is -0.0538. The van der Waals surface area contributed by atoms with Crippen molar-refractivity contribution >= 4 is 0 Å². The molecule has 12 heavy (non-hydrogen) atoms. The third-order valence-electron chi connectivity index (χ3n) is 3.36. The topological polar surface area (TPSA) is 21.3 Å². The fraction of sp³-hybridized carbons (Fsp3) is 1.00. The van der Waals surface area contributed by atoms with Crippen LogP contribution in [-0.2, 0) is 4.74 Å². The number of rotatable bonds is 1. The first-order valence-corrected chi connectivity index (χ1v) is 5.14. The summed E-state index contributed by atoms with van der Waals surface area (Å²) in [6.45, 7) is 5.68. The van der Waals surface area contributed by atoms with Gasteiger partial charge in [-0.2, -0.15) is 0 Å². The van der Waals surface area contributed by atoms with Gasteiger partial charge >= 0.3 is 0 Å². The smallest absolute Gasteiger partial charge is 0.0641 e. The van der Waals surface area contributed by atoms with Crippen LogP contribution in [0.3, 0.4) is 0 Å². The van der Waals surface area contributed by atoms with Crippen molar-refractivity contribution in [2.24, 2.45) is 5.41 Å². The summed E-state index contributed by atoms with van der Waals surface area (Å²) in [5, 5.41) is 3.43. The van der Waals surface area contributed by atoms with Gasteiger partial charge < -0.3 is 10.1 Å². The molecule has 0 spiro atoms. The maximum atomic E-state index is 5.82. The maximum Gasteiger partial charge on any atom is 0.0641 e. The molecular formula is C10H19NO. The van der Waals surface area contributed by atoms with Crippen molar-refractivity contribution in [2.45, 2.75) is 38.7 Å². The van der Waals surface area contributed by atoms with Crippen molar-refractivity contribution < 1.29 is 4.74 Å². The number of nitrogens with one attached hydrogen (secondary N) is 1. The van der Waals surface area contributed by atoms with Gasteiger partial charge in [-0.1, -0.05) is 6.92 Å². The van der Waals surface area contributed by atoms with Crippen LogP contribution in [0.2, 0.25) is 0 Å². The van der Waals surface area contributed by atoms with Crippen molar-refractivity contribution in [1.82, 2.24) is 5.32 Å². The summed E-state index contributed by atoms with van der Waals surface area (Å²) in [4.78, 5) is 0. The lowest BCUT2D eigenvalue weighted by Crippen LogP contribution is -2.38. The lowest BCUT2D eigenvalue weighted by Gasteiger charge is -2.36. The quantitative estimate of drug-likeness (QED) is 0.643. The highest BCUT2D eigenvalue weighted by molar-refractivity contribution is 4.91. The van der Waals surface area contributed by atoms with E-state index in [1.807, 2.05) is 0 Å². The van der Waals surface area contributed by atoms with Crippen molar-refractivity contribution in [3.8, 4) is 0 Å². The minimum atomic E-state index is 0.431.